The third-order valence-corrected chi connectivity index (χ3v) is 7.36. The minimum Gasteiger partial charge on any atom is -0.349 e. The number of halogens is 2. The lowest BCUT2D eigenvalue weighted by molar-refractivity contribution is 0.0927. The summed E-state index contributed by atoms with van der Waals surface area (Å²) in [6, 6.07) is 2.72. The molecule has 140 valence electrons. The van der Waals surface area contributed by atoms with Crippen LogP contribution in [0.4, 0.5) is 0 Å². The summed E-state index contributed by atoms with van der Waals surface area (Å²) in [5.41, 5.74) is 0.141. The Hall–Kier alpha value is -0.820. The van der Waals surface area contributed by atoms with E-state index in [9.17, 15) is 13.2 Å². The monoisotopic (exact) mass is 406 g/mol. The lowest BCUT2D eigenvalue weighted by Gasteiger charge is -2.23. The third-order valence-electron chi connectivity index (χ3n) is 4.53. The molecule has 1 N–H and O–H groups in total. The van der Waals surface area contributed by atoms with E-state index in [1.165, 1.54) is 22.9 Å². The summed E-state index contributed by atoms with van der Waals surface area (Å²) in [6.45, 7) is 4.14. The molecule has 1 aromatic carbocycles. The van der Waals surface area contributed by atoms with Gasteiger partial charge in [0.25, 0.3) is 5.91 Å². The Labute approximate surface area is 159 Å². The predicted molar refractivity (Wildman–Crippen MR) is 101 cm³/mol. The Balaban J connectivity index is 2.35. The normalized spacial score (nSPS) is 16.2. The SMILES string of the molecule is CCN(CC)S(=O)(=O)c1cc(C(=O)NC2CCCCC2)c(Cl)cc1Cl. The highest BCUT2D eigenvalue weighted by molar-refractivity contribution is 7.89. The zero-order chi connectivity index (χ0) is 18.6. The van der Waals surface area contributed by atoms with Gasteiger partial charge in [-0.05, 0) is 25.0 Å². The van der Waals surface area contributed by atoms with Gasteiger partial charge in [0.15, 0.2) is 0 Å². The van der Waals surface area contributed by atoms with Gasteiger partial charge >= 0.3 is 0 Å². The van der Waals surface area contributed by atoms with Crippen LogP contribution in [0.1, 0.15) is 56.3 Å². The number of benzene rings is 1. The van der Waals surface area contributed by atoms with E-state index in [-0.39, 0.29) is 32.5 Å². The highest BCUT2D eigenvalue weighted by Crippen LogP contribution is 2.31. The van der Waals surface area contributed by atoms with Gasteiger partial charge in [0.1, 0.15) is 4.90 Å². The summed E-state index contributed by atoms with van der Waals surface area (Å²) in [5, 5.41) is 3.13. The lowest BCUT2D eigenvalue weighted by Crippen LogP contribution is -2.36. The van der Waals surface area contributed by atoms with Gasteiger partial charge in [-0.15, -0.1) is 0 Å². The van der Waals surface area contributed by atoms with Crippen LogP contribution in [0.25, 0.3) is 0 Å². The van der Waals surface area contributed by atoms with Crippen LogP contribution in [0.15, 0.2) is 17.0 Å². The standard InChI is InChI=1S/C17H24Cl2N2O3S/c1-3-21(4-2)25(23,24)16-10-13(14(18)11-15(16)19)17(22)20-12-8-6-5-7-9-12/h10-12H,3-9H2,1-2H3,(H,20,22). The fourth-order valence-corrected chi connectivity index (χ4v) is 5.41. The number of carbonyl (C=O) groups excluding carboxylic acids is 1. The summed E-state index contributed by atoms with van der Waals surface area (Å²) in [5.74, 6) is -0.357. The summed E-state index contributed by atoms with van der Waals surface area (Å²) in [7, 11) is -3.77. The molecule has 1 aromatic rings. The molecule has 0 spiro atoms. The van der Waals surface area contributed by atoms with E-state index in [1.54, 1.807) is 13.8 Å². The Bertz CT molecular complexity index is 728. The van der Waals surface area contributed by atoms with Crippen molar-refractivity contribution in [1.29, 1.82) is 0 Å². The van der Waals surface area contributed by atoms with Crippen molar-refractivity contribution in [2.45, 2.75) is 56.9 Å². The predicted octanol–water partition coefficient (Wildman–Crippen LogP) is 4.09. The van der Waals surface area contributed by atoms with Crippen LogP contribution in [0, 0.1) is 0 Å². The Kier molecular flexibility index (Phi) is 7.14. The van der Waals surface area contributed by atoms with Crippen LogP contribution < -0.4 is 5.32 Å². The first-order valence-electron chi connectivity index (χ1n) is 8.61. The molecule has 8 heteroatoms. The van der Waals surface area contributed by atoms with E-state index < -0.39 is 10.0 Å². The molecule has 1 aliphatic rings. The van der Waals surface area contributed by atoms with Crippen molar-refractivity contribution in [2.75, 3.05) is 13.1 Å². The number of sulfonamides is 1. The zero-order valence-corrected chi connectivity index (χ0v) is 16.8. The highest BCUT2D eigenvalue weighted by atomic mass is 35.5. The van der Waals surface area contributed by atoms with E-state index >= 15 is 0 Å². The van der Waals surface area contributed by atoms with Gasteiger partial charge < -0.3 is 5.32 Å². The molecule has 1 amide bonds. The van der Waals surface area contributed by atoms with Gasteiger partial charge in [0, 0.05) is 19.1 Å². The molecule has 0 heterocycles. The van der Waals surface area contributed by atoms with E-state index in [1.807, 2.05) is 0 Å². The van der Waals surface area contributed by atoms with Crippen molar-refractivity contribution in [3.05, 3.63) is 27.7 Å². The van der Waals surface area contributed by atoms with E-state index in [0.29, 0.717) is 13.1 Å². The second-order valence-electron chi connectivity index (χ2n) is 6.16. The maximum absolute atomic E-state index is 12.8. The lowest BCUT2D eigenvalue weighted by atomic mass is 9.95. The maximum atomic E-state index is 12.8. The molecule has 0 aromatic heterocycles. The average Bonchev–Trinajstić information content (AvgIpc) is 2.56. The van der Waals surface area contributed by atoms with Crippen LogP contribution in [-0.4, -0.2) is 37.8 Å². The summed E-state index contributed by atoms with van der Waals surface area (Å²) < 4.78 is 26.8. The number of nitrogens with one attached hydrogen (secondary N) is 1. The van der Waals surface area contributed by atoms with Crippen LogP contribution >= 0.6 is 23.2 Å². The molecule has 1 aliphatic carbocycles. The molecule has 0 unspecified atom stereocenters. The first kappa shape index (κ1) is 20.5. The minimum absolute atomic E-state index is 0.0196. The fraction of sp³-hybridized carbons (Fsp3) is 0.588. The maximum Gasteiger partial charge on any atom is 0.253 e. The summed E-state index contributed by atoms with van der Waals surface area (Å²) in [6.07, 6.45) is 5.21. The summed E-state index contributed by atoms with van der Waals surface area (Å²) >= 11 is 12.3. The molecule has 25 heavy (non-hydrogen) atoms. The number of hydrogen-bond donors (Lipinski definition) is 1. The molecule has 1 fully saturated rings. The number of rotatable bonds is 6. The average molecular weight is 407 g/mol. The largest absolute Gasteiger partial charge is 0.349 e. The molecule has 0 aliphatic heterocycles. The number of hydrogen-bond acceptors (Lipinski definition) is 3. The van der Waals surface area contributed by atoms with E-state index in [4.69, 9.17) is 23.2 Å². The van der Waals surface area contributed by atoms with Gasteiger partial charge in [0.05, 0.1) is 15.6 Å². The van der Waals surface area contributed by atoms with Crippen molar-refractivity contribution >= 4 is 39.1 Å². The molecule has 0 saturated heterocycles. The molecule has 1 saturated carbocycles. The van der Waals surface area contributed by atoms with E-state index in [2.05, 4.69) is 5.32 Å². The van der Waals surface area contributed by atoms with Crippen LogP contribution in [-0.2, 0) is 10.0 Å². The molecule has 2 rings (SSSR count). The fourth-order valence-electron chi connectivity index (χ4n) is 3.11. The molecule has 0 radical (unpaired) electrons. The van der Waals surface area contributed by atoms with E-state index in [0.717, 1.165) is 25.7 Å². The molecular weight excluding hydrogens is 383 g/mol. The molecular formula is C17H24Cl2N2O3S. The smallest absolute Gasteiger partial charge is 0.253 e. The second kappa shape index (κ2) is 8.71. The Morgan fingerprint density at radius 3 is 2.28 bits per heavy atom. The third kappa shape index (κ3) is 4.67. The minimum atomic E-state index is -3.77. The molecule has 0 bridgehead atoms. The van der Waals surface area contributed by atoms with Gasteiger partial charge in [-0.3, -0.25) is 4.79 Å². The molecule has 0 atom stereocenters. The highest BCUT2D eigenvalue weighted by Gasteiger charge is 2.27. The topological polar surface area (TPSA) is 66.5 Å². The summed E-state index contributed by atoms with van der Waals surface area (Å²) in [4.78, 5) is 12.5. The van der Waals surface area contributed by atoms with Gasteiger partial charge in [0.2, 0.25) is 10.0 Å². The Morgan fingerprint density at radius 1 is 1.12 bits per heavy atom. The number of amides is 1. The van der Waals surface area contributed by atoms with Crippen LogP contribution in [0.3, 0.4) is 0 Å². The zero-order valence-electron chi connectivity index (χ0n) is 14.5. The second-order valence-corrected chi connectivity index (χ2v) is 8.88. The Morgan fingerprint density at radius 2 is 1.72 bits per heavy atom. The molecule has 5 nitrogen and oxygen atoms in total. The number of nitrogens with zero attached hydrogens (tertiary/aromatic N) is 1. The van der Waals surface area contributed by atoms with Crippen molar-refractivity contribution in [3.63, 3.8) is 0 Å². The van der Waals surface area contributed by atoms with Crippen molar-refractivity contribution in [3.8, 4) is 0 Å². The van der Waals surface area contributed by atoms with Crippen LogP contribution in [0.2, 0.25) is 10.0 Å². The van der Waals surface area contributed by atoms with Gasteiger partial charge in [-0.1, -0.05) is 56.3 Å². The quantitative estimate of drug-likeness (QED) is 0.773. The number of carbonyl (C=O) groups is 1. The first-order chi connectivity index (χ1) is 11.8. The van der Waals surface area contributed by atoms with Crippen molar-refractivity contribution in [2.24, 2.45) is 0 Å². The van der Waals surface area contributed by atoms with Gasteiger partial charge in [-0.25, -0.2) is 8.42 Å². The van der Waals surface area contributed by atoms with Crippen LogP contribution in [0.5, 0.6) is 0 Å². The van der Waals surface area contributed by atoms with Crippen molar-refractivity contribution in [1.82, 2.24) is 9.62 Å². The van der Waals surface area contributed by atoms with Crippen molar-refractivity contribution < 1.29 is 13.2 Å². The first-order valence-corrected chi connectivity index (χ1v) is 10.8. The van der Waals surface area contributed by atoms with Gasteiger partial charge in [-0.2, -0.15) is 4.31 Å².